The molecule has 0 bridgehead atoms. The van der Waals surface area contributed by atoms with Gasteiger partial charge in [0.25, 0.3) is 0 Å². The Morgan fingerprint density at radius 1 is 0.921 bits per heavy atom. The molecule has 1 aliphatic rings. The summed E-state index contributed by atoms with van der Waals surface area (Å²) in [5.74, 6) is 0.172. The number of ether oxygens (including phenoxy) is 1. The monoisotopic (exact) mass is 508 g/mol. The van der Waals surface area contributed by atoms with Crippen molar-refractivity contribution in [3.8, 4) is 39.4 Å². The van der Waals surface area contributed by atoms with Crippen molar-refractivity contribution in [3.63, 3.8) is 0 Å². The maximum Gasteiger partial charge on any atom is 0.155 e. The molecular formula is C28H25FN8O. The molecule has 1 fully saturated rings. The van der Waals surface area contributed by atoms with Crippen molar-refractivity contribution in [2.24, 2.45) is 0 Å². The lowest BCUT2D eigenvalue weighted by molar-refractivity contribution is 0.237. The largest absolute Gasteiger partial charge is 0.492 e. The zero-order valence-corrected chi connectivity index (χ0v) is 20.5. The van der Waals surface area contributed by atoms with Gasteiger partial charge in [0.1, 0.15) is 23.9 Å². The highest BCUT2D eigenvalue weighted by Gasteiger charge is 2.17. The zero-order chi connectivity index (χ0) is 25.5. The first-order valence-electron chi connectivity index (χ1n) is 12.7. The summed E-state index contributed by atoms with van der Waals surface area (Å²) in [4.78, 5) is 14.7. The first kappa shape index (κ1) is 22.6. The molecular weight excluding hydrogens is 483 g/mol. The van der Waals surface area contributed by atoms with Gasteiger partial charge in [-0.3, -0.25) is 20.1 Å². The molecule has 6 aromatic rings. The maximum absolute atomic E-state index is 14.7. The lowest BCUT2D eigenvalue weighted by Gasteiger charge is -2.15. The Kier molecular flexibility index (Phi) is 5.58. The Morgan fingerprint density at radius 2 is 1.84 bits per heavy atom. The predicted octanol–water partition coefficient (Wildman–Crippen LogP) is 5.17. The van der Waals surface area contributed by atoms with Crippen LogP contribution in [-0.2, 0) is 0 Å². The minimum absolute atomic E-state index is 0.345. The third kappa shape index (κ3) is 4.18. The zero-order valence-electron chi connectivity index (χ0n) is 20.5. The van der Waals surface area contributed by atoms with E-state index in [0.717, 1.165) is 64.0 Å². The van der Waals surface area contributed by atoms with Crippen LogP contribution < -0.4 is 4.74 Å². The Balaban J connectivity index is 1.23. The summed E-state index contributed by atoms with van der Waals surface area (Å²) in [5, 5.41) is 16.2. The van der Waals surface area contributed by atoms with Crippen molar-refractivity contribution >= 4 is 21.9 Å². The number of nitrogens with one attached hydrogen (secondary N) is 3. The van der Waals surface area contributed by atoms with Gasteiger partial charge in [0.05, 0.1) is 23.6 Å². The van der Waals surface area contributed by atoms with Crippen LogP contribution in [0.1, 0.15) is 12.8 Å². The molecule has 1 aliphatic heterocycles. The highest BCUT2D eigenvalue weighted by Crippen LogP contribution is 2.35. The summed E-state index contributed by atoms with van der Waals surface area (Å²) in [5.41, 5.74) is 6.46. The van der Waals surface area contributed by atoms with E-state index in [2.05, 4.69) is 40.2 Å². The quantitative estimate of drug-likeness (QED) is 0.274. The van der Waals surface area contributed by atoms with Crippen molar-refractivity contribution in [2.75, 3.05) is 26.2 Å². The van der Waals surface area contributed by atoms with Crippen LogP contribution >= 0.6 is 0 Å². The first-order valence-corrected chi connectivity index (χ1v) is 12.7. The number of aromatic nitrogens is 7. The second kappa shape index (κ2) is 9.38. The normalized spacial score (nSPS) is 14.1. The lowest BCUT2D eigenvalue weighted by atomic mass is 10.0. The van der Waals surface area contributed by atoms with Crippen molar-refractivity contribution in [1.82, 2.24) is 40.2 Å². The number of H-pyrrole nitrogens is 3. The number of aromatic amines is 3. The molecule has 3 N–H and O–H groups in total. The molecule has 0 aliphatic carbocycles. The molecule has 0 saturated carbocycles. The van der Waals surface area contributed by atoms with Crippen LogP contribution in [0.25, 0.3) is 55.6 Å². The van der Waals surface area contributed by atoms with E-state index in [4.69, 9.17) is 4.74 Å². The average molecular weight is 509 g/mol. The Hall–Kier alpha value is -4.57. The smallest absolute Gasteiger partial charge is 0.155 e. The molecule has 1 saturated heterocycles. The number of hydrogen-bond acceptors (Lipinski definition) is 6. The van der Waals surface area contributed by atoms with Crippen LogP contribution in [0.5, 0.6) is 5.75 Å². The third-order valence-corrected chi connectivity index (χ3v) is 7.11. The van der Waals surface area contributed by atoms with Gasteiger partial charge in [-0.2, -0.15) is 10.2 Å². The molecule has 190 valence electrons. The summed E-state index contributed by atoms with van der Waals surface area (Å²) in [6, 6.07) is 8.88. The summed E-state index contributed by atoms with van der Waals surface area (Å²) in [7, 11) is 0. The molecule has 1 aromatic carbocycles. The molecule has 7 rings (SSSR count). The molecule has 38 heavy (non-hydrogen) atoms. The molecule has 9 nitrogen and oxygen atoms in total. The van der Waals surface area contributed by atoms with Crippen LogP contribution in [0, 0.1) is 5.82 Å². The minimum Gasteiger partial charge on any atom is -0.492 e. The van der Waals surface area contributed by atoms with E-state index in [1.54, 1.807) is 24.8 Å². The number of pyridine rings is 2. The van der Waals surface area contributed by atoms with E-state index in [-0.39, 0.29) is 5.82 Å². The van der Waals surface area contributed by atoms with Crippen molar-refractivity contribution in [3.05, 3.63) is 67.1 Å². The van der Waals surface area contributed by atoms with Crippen molar-refractivity contribution < 1.29 is 9.13 Å². The molecule has 6 heterocycles. The number of rotatable bonds is 7. The van der Waals surface area contributed by atoms with Crippen molar-refractivity contribution in [2.45, 2.75) is 12.8 Å². The summed E-state index contributed by atoms with van der Waals surface area (Å²) in [6.45, 7) is 3.58. The molecule has 0 amide bonds. The summed E-state index contributed by atoms with van der Waals surface area (Å²) >= 11 is 0. The number of hydrogen-bond donors (Lipinski definition) is 3. The number of halogens is 1. The highest BCUT2D eigenvalue weighted by atomic mass is 19.1. The van der Waals surface area contributed by atoms with Crippen LogP contribution in [0.4, 0.5) is 4.39 Å². The van der Waals surface area contributed by atoms with E-state index in [1.807, 2.05) is 24.4 Å². The fourth-order valence-electron chi connectivity index (χ4n) is 5.18. The van der Waals surface area contributed by atoms with Crippen LogP contribution in [0.3, 0.4) is 0 Å². The molecule has 5 aromatic heterocycles. The van der Waals surface area contributed by atoms with Crippen LogP contribution in [0.15, 0.2) is 61.3 Å². The van der Waals surface area contributed by atoms with Gasteiger partial charge in [-0.05, 0) is 55.8 Å². The molecule has 0 spiro atoms. The topological polar surface area (TPSA) is 111 Å². The summed E-state index contributed by atoms with van der Waals surface area (Å²) < 4.78 is 20.6. The van der Waals surface area contributed by atoms with Gasteiger partial charge >= 0.3 is 0 Å². The van der Waals surface area contributed by atoms with Gasteiger partial charge in [-0.25, -0.2) is 9.37 Å². The predicted molar refractivity (Wildman–Crippen MR) is 143 cm³/mol. The molecule has 10 heteroatoms. The van der Waals surface area contributed by atoms with E-state index in [9.17, 15) is 4.39 Å². The number of likely N-dealkylation sites (tertiary alicyclic amines) is 1. The Morgan fingerprint density at radius 3 is 2.71 bits per heavy atom. The number of benzene rings is 1. The van der Waals surface area contributed by atoms with E-state index >= 15 is 0 Å². The standard InChI is InChI=1S/C28H25FN8O/c29-20-7-17(8-21(10-20)38-6-5-37-3-1-2-4-37)24-15-30-16-26-22(24)11-25(34-26)27-23-9-18(19-13-32-33-14-19)12-31-28(23)36-35-27/h7-16,34H,1-6H2,(H,32,33)(H,31,35,36). The number of nitrogens with zero attached hydrogens (tertiary/aromatic N) is 5. The van der Waals surface area contributed by atoms with Gasteiger partial charge < -0.3 is 9.72 Å². The first-order chi connectivity index (χ1) is 18.7. The summed E-state index contributed by atoms with van der Waals surface area (Å²) in [6.07, 6.45) is 11.4. The molecule has 0 radical (unpaired) electrons. The van der Waals surface area contributed by atoms with Crippen LogP contribution in [-0.4, -0.2) is 66.5 Å². The molecule has 0 unspecified atom stereocenters. The van der Waals surface area contributed by atoms with Gasteiger partial charge in [-0.1, -0.05) is 0 Å². The van der Waals surface area contributed by atoms with Gasteiger partial charge in [-0.15, -0.1) is 0 Å². The second-order valence-electron chi connectivity index (χ2n) is 9.58. The van der Waals surface area contributed by atoms with Gasteiger partial charge in [0.15, 0.2) is 5.65 Å². The maximum atomic E-state index is 14.7. The SMILES string of the molecule is Fc1cc(OCCN2CCCC2)cc(-c2cncc3[nH]c(-c4n[nH]c5ncc(-c6cn[nH]c6)cc45)cc23)c1. The Bertz CT molecular complexity index is 1730. The Labute approximate surface area is 217 Å². The molecule has 0 atom stereocenters. The van der Waals surface area contributed by atoms with Crippen molar-refractivity contribution in [1.29, 1.82) is 0 Å². The fraction of sp³-hybridized carbons (Fsp3) is 0.214. The van der Waals surface area contributed by atoms with Gasteiger partial charge in [0.2, 0.25) is 0 Å². The highest BCUT2D eigenvalue weighted by molar-refractivity contribution is 6.00. The second-order valence-corrected chi connectivity index (χ2v) is 9.58. The van der Waals surface area contributed by atoms with E-state index < -0.39 is 0 Å². The van der Waals surface area contributed by atoms with E-state index in [1.165, 1.54) is 25.0 Å². The van der Waals surface area contributed by atoms with E-state index in [0.29, 0.717) is 23.6 Å². The lowest BCUT2D eigenvalue weighted by Crippen LogP contribution is -2.25. The third-order valence-electron chi connectivity index (χ3n) is 7.11. The minimum atomic E-state index is -0.345. The average Bonchev–Trinajstić information content (AvgIpc) is 3.73. The number of fused-ring (bicyclic) bond motifs is 2. The van der Waals surface area contributed by atoms with Gasteiger partial charge in [0, 0.05) is 58.7 Å². The fourth-order valence-corrected chi connectivity index (χ4v) is 5.18. The van der Waals surface area contributed by atoms with Crippen LogP contribution in [0.2, 0.25) is 0 Å².